The monoisotopic (exact) mass is 333 g/mol. The number of likely N-dealkylation sites (tertiary alicyclic amines) is 1. The van der Waals surface area contributed by atoms with Gasteiger partial charge in [0.15, 0.2) is 0 Å². The molecule has 0 atom stereocenters. The predicted molar refractivity (Wildman–Crippen MR) is 81.2 cm³/mol. The Morgan fingerprint density at radius 3 is 2.43 bits per heavy atom. The second-order valence-corrected chi connectivity index (χ2v) is 6.48. The molecule has 1 aliphatic heterocycles. The van der Waals surface area contributed by atoms with Gasteiger partial charge in [0.2, 0.25) is 0 Å². The average Bonchev–Trinajstić information content (AvgIpc) is 2.44. The second kappa shape index (κ2) is 7.51. The van der Waals surface area contributed by atoms with Gasteiger partial charge >= 0.3 is 6.18 Å². The molecule has 23 heavy (non-hydrogen) atoms. The maximum atomic E-state index is 13.4. The van der Waals surface area contributed by atoms with Gasteiger partial charge in [-0.25, -0.2) is 4.39 Å². The molecular weight excluding hydrogens is 310 g/mol. The van der Waals surface area contributed by atoms with Crippen LogP contribution in [0.3, 0.4) is 0 Å². The maximum absolute atomic E-state index is 13.4. The third-order valence-electron chi connectivity index (χ3n) is 4.18. The zero-order valence-electron chi connectivity index (χ0n) is 13.5. The summed E-state index contributed by atoms with van der Waals surface area (Å²) in [4.78, 5) is 1.43. The van der Waals surface area contributed by atoms with Crippen molar-refractivity contribution in [1.29, 1.82) is 0 Å². The number of piperidine rings is 1. The van der Waals surface area contributed by atoms with Crippen molar-refractivity contribution in [3.8, 4) is 5.75 Å². The Morgan fingerprint density at radius 2 is 1.87 bits per heavy atom. The van der Waals surface area contributed by atoms with Crippen LogP contribution in [0.15, 0.2) is 18.2 Å². The highest BCUT2D eigenvalue weighted by molar-refractivity contribution is 5.36. The highest BCUT2D eigenvalue weighted by Gasteiger charge is 2.32. The van der Waals surface area contributed by atoms with Gasteiger partial charge in [-0.15, -0.1) is 0 Å². The van der Waals surface area contributed by atoms with E-state index < -0.39 is 12.7 Å². The van der Waals surface area contributed by atoms with Crippen LogP contribution in [0.2, 0.25) is 0 Å². The van der Waals surface area contributed by atoms with Crippen LogP contribution in [0.4, 0.5) is 17.6 Å². The van der Waals surface area contributed by atoms with E-state index in [1.807, 2.05) is 13.8 Å². The van der Waals surface area contributed by atoms with E-state index in [4.69, 9.17) is 4.74 Å². The van der Waals surface area contributed by atoms with Crippen LogP contribution in [0.1, 0.15) is 38.2 Å². The SMILES string of the molecule is CC(C)c1ccc(F)cc1OCC1CCN(CC(F)(F)F)CC1. The molecule has 0 saturated carbocycles. The summed E-state index contributed by atoms with van der Waals surface area (Å²) in [5.41, 5.74) is 0.945. The first-order valence-corrected chi connectivity index (χ1v) is 7.96. The highest BCUT2D eigenvalue weighted by atomic mass is 19.4. The Hall–Kier alpha value is -1.30. The Labute approximate surface area is 134 Å². The van der Waals surface area contributed by atoms with E-state index in [-0.39, 0.29) is 17.7 Å². The fourth-order valence-corrected chi connectivity index (χ4v) is 2.88. The number of rotatable bonds is 5. The Balaban J connectivity index is 1.85. The molecule has 0 N–H and O–H groups in total. The first-order valence-electron chi connectivity index (χ1n) is 7.96. The summed E-state index contributed by atoms with van der Waals surface area (Å²) in [6.45, 7) is 4.44. The summed E-state index contributed by atoms with van der Waals surface area (Å²) < 4.78 is 56.3. The number of ether oxygens (including phenoxy) is 1. The van der Waals surface area contributed by atoms with E-state index in [2.05, 4.69) is 0 Å². The van der Waals surface area contributed by atoms with Gasteiger partial charge in [-0.1, -0.05) is 19.9 Å². The van der Waals surface area contributed by atoms with Gasteiger partial charge < -0.3 is 4.74 Å². The molecule has 1 saturated heterocycles. The first-order chi connectivity index (χ1) is 10.7. The van der Waals surface area contributed by atoms with Crippen molar-refractivity contribution < 1.29 is 22.3 Å². The van der Waals surface area contributed by atoms with Crippen LogP contribution >= 0.6 is 0 Å². The predicted octanol–water partition coefficient (Wildman–Crippen LogP) is 4.60. The molecule has 1 aromatic carbocycles. The van der Waals surface area contributed by atoms with Gasteiger partial charge in [-0.2, -0.15) is 13.2 Å². The standard InChI is InChI=1S/C17H23F4NO/c1-12(2)15-4-3-14(18)9-16(15)23-10-13-5-7-22(8-6-13)11-17(19,20)21/h3-4,9,12-13H,5-8,10-11H2,1-2H3. The van der Waals surface area contributed by atoms with Crippen molar-refractivity contribution >= 4 is 0 Å². The molecule has 6 heteroatoms. The third-order valence-corrected chi connectivity index (χ3v) is 4.18. The van der Waals surface area contributed by atoms with Crippen LogP contribution < -0.4 is 4.74 Å². The van der Waals surface area contributed by atoms with Crippen molar-refractivity contribution in [2.45, 2.75) is 38.8 Å². The number of hydrogen-bond donors (Lipinski definition) is 0. The molecule has 0 amide bonds. The third kappa shape index (κ3) is 5.68. The van der Waals surface area contributed by atoms with E-state index >= 15 is 0 Å². The zero-order valence-corrected chi connectivity index (χ0v) is 13.5. The molecule has 2 rings (SSSR count). The minimum atomic E-state index is -4.14. The second-order valence-electron chi connectivity index (χ2n) is 6.48. The van der Waals surface area contributed by atoms with Crippen LogP contribution in [0, 0.1) is 11.7 Å². The molecular formula is C17H23F4NO. The minimum absolute atomic E-state index is 0.211. The lowest BCUT2D eigenvalue weighted by atomic mass is 9.97. The van der Waals surface area contributed by atoms with E-state index in [1.54, 1.807) is 6.07 Å². The molecule has 0 unspecified atom stereocenters. The Kier molecular flexibility index (Phi) is 5.89. The number of nitrogens with zero attached hydrogens (tertiary/aromatic N) is 1. The molecule has 0 spiro atoms. The van der Waals surface area contributed by atoms with Crippen molar-refractivity contribution in [2.75, 3.05) is 26.2 Å². The fourth-order valence-electron chi connectivity index (χ4n) is 2.88. The summed E-state index contributed by atoms with van der Waals surface area (Å²) in [5, 5.41) is 0. The summed E-state index contributed by atoms with van der Waals surface area (Å²) in [6, 6.07) is 4.52. The van der Waals surface area contributed by atoms with Crippen LogP contribution in [0.5, 0.6) is 5.75 Å². The average molecular weight is 333 g/mol. The lowest BCUT2D eigenvalue weighted by molar-refractivity contribution is -0.148. The van der Waals surface area contributed by atoms with E-state index in [0.717, 1.165) is 5.56 Å². The number of halogens is 4. The largest absolute Gasteiger partial charge is 0.493 e. The van der Waals surface area contributed by atoms with Crippen LogP contribution in [0.25, 0.3) is 0 Å². The zero-order chi connectivity index (χ0) is 17.0. The van der Waals surface area contributed by atoms with Gasteiger partial charge in [0, 0.05) is 6.07 Å². The summed E-state index contributed by atoms with van der Waals surface area (Å²) >= 11 is 0. The molecule has 1 heterocycles. The topological polar surface area (TPSA) is 12.5 Å². The Morgan fingerprint density at radius 1 is 1.22 bits per heavy atom. The Bertz CT molecular complexity index is 508. The van der Waals surface area contributed by atoms with Crippen LogP contribution in [-0.2, 0) is 0 Å². The number of benzene rings is 1. The first kappa shape index (κ1) is 18.0. The number of hydrogen-bond acceptors (Lipinski definition) is 2. The van der Waals surface area contributed by atoms with Crippen molar-refractivity contribution in [3.05, 3.63) is 29.6 Å². The van der Waals surface area contributed by atoms with Crippen molar-refractivity contribution in [1.82, 2.24) is 4.90 Å². The summed E-state index contributed by atoms with van der Waals surface area (Å²) in [5.74, 6) is 0.629. The highest BCUT2D eigenvalue weighted by Crippen LogP contribution is 2.29. The molecule has 1 aromatic rings. The van der Waals surface area contributed by atoms with Gasteiger partial charge in [0.05, 0.1) is 13.2 Å². The lowest BCUT2D eigenvalue weighted by Crippen LogP contribution is -2.41. The lowest BCUT2D eigenvalue weighted by Gasteiger charge is -2.32. The van der Waals surface area contributed by atoms with Gasteiger partial charge in [-0.05, 0) is 49.4 Å². The maximum Gasteiger partial charge on any atom is 0.401 e. The minimum Gasteiger partial charge on any atom is -0.493 e. The van der Waals surface area contributed by atoms with E-state index in [0.29, 0.717) is 38.3 Å². The van der Waals surface area contributed by atoms with Crippen molar-refractivity contribution in [2.24, 2.45) is 5.92 Å². The van der Waals surface area contributed by atoms with Gasteiger partial charge in [0.1, 0.15) is 11.6 Å². The van der Waals surface area contributed by atoms with Gasteiger partial charge in [-0.3, -0.25) is 4.90 Å². The normalized spacial score (nSPS) is 17.7. The summed E-state index contributed by atoms with van der Waals surface area (Å²) in [6.07, 6.45) is -2.80. The molecule has 1 aliphatic rings. The molecule has 0 aliphatic carbocycles. The van der Waals surface area contributed by atoms with E-state index in [1.165, 1.54) is 17.0 Å². The number of alkyl halides is 3. The molecule has 0 aromatic heterocycles. The fraction of sp³-hybridized carbons (Fsp3) is 0.647. The van der Waals surface area contributed by atoms with Gasteiger partial charge in [0.25, 0.3) is 0 Å². The van der Waals surface area contributed by atoms with Crippen molar-refractivity contribution in [3.63, 3.8) is 0 Å². The smallest absolute Gasteiger partial charge is 0.401 e. The van der Waals surface area contributed by atoms with E-state index in [9.17, 15) is 17.6 Å². The molecule has 1 fully saturated rings. The molecule has 2 nitrogen and oxygen atoms in total. The van der Waals surface area contributed by atoms with Crippen LogP contribution in [-0.4, -0.2) is 37.3 Å². The summed E-state index contributed by atoms with van der Waals surface area (Å²) in [7, 11) is 0. The molecule has 0 bridgehead atoms. The molecule has 0 radical (unpaired) electrons. The molecule has 130 valence electrons. The quantitative estimate of drug-likeness (QED) is 0.730.